The number of Topliss-reactive ketones (excluding diaryl/α,β-unsaturated/α-hetero) is 2. The quantitative estimate of drug-likeness (QED) is 0.337. The number of aliphatic hydroxyl groups is 3. The lowest BCUT2D eigenvalue weighted by atomic mass is 9.57. The summed E-state index contributed by atoms with van der Waals surface area (Å²) in [5.41, 5.74) is 2.99. The number of carbonyl (C=O) groups excluding carboxylic acids is 4. The molecule has 11 nitrogen and oxygen atoms in total. The highest BCUT2D eigenvalue weighted by molar-refractivity contribution is 6.24. The highest BCUT2D eigenvalue weighted by Crippen LogP contribution is 2.53. The predicted molar refractivity (Wildman–Crippen MR) is 149 cm³/mol. The van der Waals surface area contributed by atoms with Crippen LogP contribution in [0.25, 0.3) is 16.5 Å². The van der Waals surface area contributed by atoms with Gasteiger partial charge in [-0.25, -0.2) is 0 Å². The van der Waals surface area contributed by atoms with Crippen molar-refractivity contribution in [2.45, 2.75) is 44.4 Å². The normalized spacial score (nSPS) is 25.8. The van der Waals surface area contributed by atoms with E-state index >= 15 is 0 Å². The van der Waals surface area contributed by atoms with Crippen LogP contribution in [0, 0.1) is 11.8 Å². The third-order valence-electron chi connectivity index (χ3n) is 8.74. The van der Waals surface area contributed by atoms with Crippen LogP contribution in [-0.4, -0.2) is 86.4 Å². The first kappa shape index (κ1) is 28.3. The molecule has 0 saturated heterocycles. The van der Waals surface area contributed by atoms with Crippen molar-refractivity contribution in [2.75, 3.05) is 21.1 Å². The fourth-order valence-corrected chi connectivity index (χ4v) is 6.79. The summed E-state index contributed by atoms with van der Waals surface area (Å²) in [6, 6.07) is 6.05. The molecule has 2 amide bonds. The molecule has 0 unspecified atom stereocenters. The van der Waals surface area contributed by atoms with Gasteiger partial charge in [0.25, 0.3) is 5.91 Å². The summed E-state index contributed by atoms with van der Waals surface area (Å²) in [7, 11) is 4.79. The van der Waals surface area contributed by atoms with Gasteiger partial charge in [0.05, 0.1) is 11.6 Å². The minimum atomic E-state index is -2.68. The second-order valence-corrected chi connectivity index (χ2v) is 11.4. The average molecular weight is 564 g/mol. The molecule has 4 atom stereocenters. The third-order valence-corrected chi connectivity index (χ3v) is 8.74. The van der Waals surface area contributed by atoms with Crippen molar-refractivity contribution in [3.8, 4) is 5.75 Å². The molecule has 0 aromatic heterocycles. The highest BCUT2D eigenvalue weighted by Gasteiger charge is 2.64. The minimum absolute atomic E-state index is 0.0291. The minimum Gasteiger partial charge on any atom is -0.508 e. The molecule has 11 heteroatoms. The van der Waals surface area contributed by atoms with Gasteiger partial charge in [0, 0.05) is 36.9 Å². The van der Waals surface area contributed by atoms with E-state index in [9.17, 15) is 39.6 Å². The Kier molecular flexibility index (Phi) is 6.70. The van der Waals surface area contributed by atoms with E-state index in [4.69, 9.17) is 5.73 Å². The maximum absolute atomic E-state index is 14.0. The van der Waals surface area contributed by atoms with Gasteiger partial charge in [0.2, 0.25) is 11.7 Å². The van der Waals surface area contributed by atoms with Gasteiger partial charge >= 0.3 is 0 Å². The number of hydrogen-bond donors (Lipinski definition) is 5. The van der Waals surface area contributed by atoms with E-state index in [1.165, 1.54) is 4.90 Å². The van der Waals surface area contributed by atoms with E-state index in [-0.39, 0.29) is 35.6 Å². The number of aliphatic hydroxyl groups excluding tert-OH is 2. The lowest BCUT2D eigenvalue weighted by Crippen LogP contribution is -2.65. The first-order valence-corrected chi connectivity index (χ1v) is 13.4. The molecule has 5 rings (SSSR count). The fraction of sp³-hybridized carbons (Fsp3) is 0.400. The summed E-state index contributed by atoms with van der Waals surface area (Å²) in [4.78, 5) is 54.4. The van der Waals surface area contributed by atoms with Gasteiger partial charge in [-0.1, -0.05) is 25.1 Å². The van der Waals surface area contributed by atoms with Crippen LogP contribution < -0.4 is 5.73 Å². The van der Waals surface area contributed by atoms with Gasteiger partial charge in [-0.15, -0.1) is 0 Å². The zero-order valence-electron chi connectivity index (χ0n) is 23.3. The number of phenolic OH excluding ortho intramolecular Hbond substituents is 1. The van der Waals surface area contributed by atoms with Crippen molar-refractivity contribution in [3.05, 3.63) is 57.9 Å². The molecule has 41 heavy (non-hydrogen) atoms. The summed E-state index contributed by atoms with van der Waals surface area (Å²) in [5.74, 6) is -6.85. The van der Waals surface area contributed by atoms with Crippen molar-refractivity contribution in [3.63, 3.8) is 0 Å². The zero-order chi connectivity index (χ0) is 30.1. The number of benzene rings is 2. The Bertz CT molecular complexity index is 1610. The lowest BCUT2D eigenvalue weighted by molar-refractivity contribution is -0.153. The standard InChI is InChI=1S/C30H33N3O8/c1-5-19(34)33(4)12-13-6-7-14-9-15-10-16-11-18-23(32(2)3)26(37)22(29(31)40)28(39)30(18,41)27(38)21(16)25(36)20(15)24(35)17(14)8-13/h6-9,16,18,23,35-36,39,41H,5,10-12H2,1-4H3,(H2,31,40)/t16-,18-,23-,30-/m0/s1. The number of aromatic hydroxyl groups is 1. The molecule has 0 spiro atoms. The van der Waals surface area contributed by atoms with Crippen molar-refractivity contribution in [1.82, 2.24) is 9.80 Å². The van der Waals surface area contributed by atoms with E-state index in [1.807, 2.05) is 18.2 Å². The van der Waals surface area contributed by atoms with Crippen LogP contribution in [0.5, 0.6) is 5.75 Å². The largest absolute Gasteiger partial charge is 0.508 e. The average Bonchev–Trinajstić information content (AvgIpc) is 2.90. The summed E-state index contributed by atoms with van der Waals surface area (Å²) in [6.45, 7) is 2.07. The van der Waals surface area contributed by atoms with Crippen LogP contribution in [0.3, 0.4) is 0 Å². The summed E-state index contributed by atoms with van der Waals surface area (Å²) < 4.78 is 0. The first-order valence-electron chi connectivity index (χ1n) is 13.4. The maximum Gasteiger partial charge on any atom is 0.255 e. The fourth-order valence-electron chi connectivity index (χ4n) is 6.79. The number of fused-ring (bicyclic) bond motifs is 4. The molecule has 0 bridgehead atoms. The molecule has 0 radical (unpaired) electrons. The SMILES string of the molecule is CCC(=O)N(C)Cc1ccc2cc3c(c(O)c2c1)C(O)=C1C(=O)[C@]2(O)C(O)=C(C(N)=O)C(=O)[C@@H](N(C)C)[C@@H]2C[C@@H]1C3. The number of hydrogen-bond acceptors (Lipinski definition) is 9. The number of phenols is 1. The highest BCUT2D eigenvalue weighted by atomic mass is 16.3. The molecule has 1 saturated carbocycles. The molecule has 3 aliphatic rings. The Morgan fingerprint density at radius 1 is 1.10 bits per heavy atom. The molecule has 0 aliphatic heterocycles. The van der Waals surface area contributed by atoms with Gasteiger partial charge in [-0.05, 0) is 55.4 Å². The smallest absolute Gasteiger partial charge is 0.255 e. The van der Waals surface area contributed by atoms with E-state index in [0.717, 1.165) is 5.56 Å². The van der Waals surface area contributed by atoms with Gasteiger partial charge in [-0.3, -0.25) is 24.1 Å². The van der Waals surface area contributed by atoms with Crippen molar-refractivity contribution in [2.24, 2.45) is 17.6 Å². The number of nitrogens with zero attached hydrogens (tertiary/aromatic N) is 2. The third kappa shape index (κ3) is 4.02. The number of ketones is 2. The van der Waals surface area contributed by atoms with Crippen molar-refractivity contribution >= 4 is 39.9 Å². The number of carbonyl (C=O) groups is 4. The van der Waals surface area contributed by atoms with E-state index in [1.54, 1.807) is 39.0 Å². The summed E-state index contributed by atoms with van der Waals surface area (Å²) in [6.07, 6.45) is 0.594. The Morgan fingerprint density at radius 3 is 2.39 bits per heavy atom. The van der Waals surface area contributed by atoms with Crippen LogP contribution in [0.1, 0.15) is 36.5 Å². The molecular formula is C30H33N3O8. The second kappa shape index (κ2) is 9.71. The van der Waals surface area contributed by atoms with E-state index in [0.29, 0.717) is 29.3 Å². The maximum atomic E-state index is 14.0. The number of nitrogens with two attached hydrogens (primary N) is 1. The van der Waals surface area contributed by atoms with Gasteiger partial charge < -0.3 is 31.1 Å². The van der Waals surface area contributed by atoms with Gasteiger partial charge in [0.15, 0.2) is 11.4 Å². The number of rotatable bonds is 5. The lowest BCUT2D eigenvalue weighted by Gasteiger charge is -2.50. The van der Waals surface area contributed by atoms with Crippen LogP contribution in [-0.2, 0) is 32.1 Å². The van der Waals surface area contributed by atoms with Gasteiger partial charge in [-0.2, -0.15) is 0 Å². The summed E-state index contributed by atoms with van der Waals surface area (Å²) >= 11 is 0. The molecule has 216 valence electrons. The van der Waals surface area contributed by atoms with Crippen LogP contribution in [0.2, 0.25) is 0 Å². The van der Waals surface area contributed by atoms with E-state index < -0.39 is 58.0 Å². The molecule has 1 fully saturated rings. The predicted octanol–water partition coefficient (Wildman–Crippen LogP) is 1.49. The van der Waals surface area contributed by atoms with Crippen molar-refractivity contribution in [1.29, 1.82) is 0 Å². The topological polar surface area (TPSA) is 182 Å². The van der Waals surface area contributed by atoms with Gasteiger partial charge in [0.1, 0.15) is 22.8 Å². The van der Waals surface area contributed by atoms with Crippen LogP contribution in [0.15, 0.2) is 41.2 Å². The number of primary amides is 1. The van der Waals surface area contributed by atoms with Crippen molar-refractivity contribution < 1.29 is 39.6 Å². The molecular weight excluding hydrogens is 530 g/mol. The molecule has 3 aliphatic carbocycles. The second-order valence-electron chi connectivity index (χ2n) is 11.4. The number of likely N-dealkylation sites (N-methyl/N-ethyl adjacent to an activating group) is 1. The molecule has 6 N–H and O–H groups in total. The Hall–Kier alpha value is -4.22. The Labute approximate surface area is 236 Å². The van der Waals surface area contributed by atoms with Crippen LogP contribution >= 0.6 is 0 Å². The number of amides is 2. The summed E-state index contributed by atoms with van der Waals surface area (Å²) in [5, 5.41) is 46.6. The Morgan fingerprint density at radius 2 is 1.78 bits per heavy atom. The first-order chi connectivity index (χ1) is 19.2. The monoisotopic (exact) mass is 563 g/mol. The zero-order valence-corrected chi connectivity index (χ0v) is 23.3. The Balaban J connectivity index is 1.66. The molecule has 2 aromatic carbocycles. The molecule has 2 aromatic rings. The van der Waals surface area contributed by atoms with Crippen LogP contribution in [0.4, 0.5) is 0 Å². The van der Waals surface area contributed by atoms with E-state index in [2.05, 4.69) is 0 Å². The molecule has 0 heterocycles.